The van der Waals surface area contributed by atoms with E-state index in [-0.39, 0.29) is 0 Å². The minimum atomic E-state index is 0.441. The summed E-state index contributed by atoms with van der Waals surface area (Å²) in [5.41, 5.74) is 8.25. The number of nitrogens with zero attached hydrogens (tertiary/aromatic N) is 3. The average Bonchev–Trinajstić information content (AvgIpc) is 2.76. The maximum atomic E-state index is 5.62. The molecule has 0 aromatic carbocycles. The van der Waals surface area contributed by atoms with E-state index in [0.717, 1.165) is 17.8 Å². The largest absolute Gasteiger partial charge is 0.384 e. The maximum Gasteiger partial charge on any atom is 0.123 e. The molecule has 0 saturated heterocycles. The number of nitrogens with two attached hydrogens (primary N) is 1. The zero-order chi connectivity index (χ0) is 12.6. The highest BCUT2D eigenvalue weighted by Crippen LogP contribution is 2.42. The van der Waals surface area contributed by atoms with Crippen LogP contribution < -0.4 is 5.73 Å². The number of pyridine rings is 1. The molecule has 0 bridgehead atoms. The third-order valence-electron chi connectivity index (χ3n) is 3.91. The van der Waals surface area contributed by atoms with Gasteiger partial charge in [-0.25, -0.2) is 9.97 Å². The Morgan fingerprint density at radius 1 is 1.33 bits per heavy atom. The molecule has 2 N–H and O–H groups in total. The van der Waals surface area contributed by atoms with Crippen LogP contribution in [-0.4, -0.2) is 14.5 Å². The summed E-state index contributed by atoms with van der Waals surface area (Å²) in [6, 6.07) is 3.83. The van der Waals surface area contributed by atoms with Gasteiger partial charge < -0.3 is 10.3 Å². The summed E-state index contributed by atoms with van der Waals surface area (Å²) in [6.45, 7) is 3.38. The fraction of sp³-hybridized carbons (Fsp3) is 0.429. The summed E-state index contributed by atoms with van der Waals surface area (Å²) in [5.74, 6) is 0.552. The number of imidazole rings is 1. The van der Waals surface area contributed by atoms with Crippen molar-refractivity contribution < 1.29 is 0 Å². The first kappa shape index (κ1) is 11.3. The highest BCUT2D eigenvalue weighted by molar-refractivity contribution is 5.59. The van der Waals surface area contributed by atoms with Gasteiger partial charge in [0.1, 0.15) is 5.82 Å². The van der Waals surface area contributed by atoms with Crippen LogP contribution in [0.3, 0.4) is 0 Å². The predicted octanol–water partition coefficient (Wildman–Crippen LogP) is 2.72. The molecule has 0 radical (unpaired) electrons. The molecule has 1 aliphatic rings. The van der Waals surface area contributed by atoms with Crippen LogP contribution in [0.25, 0.3) is 11.3 Å². The molecule has 3 rings (SSSR count). The third kappa shape index (κ3) is 1.98. The molecule has 2 aromatic heterocycles. The van der Waals surface area contributed by atoms with Crippen molar-refractivity contribution in [3.63, 3.8) is 0 Å². The van der Waals surface area contributed by atoms with Gasteiger partial charge in [0, 0.05) is 18.3 Å². The number of nitrogen functional groups attached to an aromatic ring is 1. The van der Waals surface area contributed by atoms with E-state index in [4.69, 9.17) is 5.73 Å². The van der Waals surface area contributed by atoms with Crippen LogP contribution in [0.1, 0.15) is 26.2 Å². The summed E-state index contributed by atoms with van der Waals surface area (Å²) in [5, 5.41) is 0. The van der Waals surface area contributed by atoms with Crippen LogP contribution in [-0.2, 0) is 6.54 Å². The Balaban J connectivity index is 1.89. The Morgan fingerprint density at radius 3 is 2.78 bits per heavy atom. The van der Waals surface area contributed by atoms with Crippen molar-refractivity contribution in [2.75, 3.05) is 5.73 Å². The number of anilines is 1. The smallest absolute Gasteiger partial charge is 0.123 e. The molecule has 2 heterocycles. The van der Waals surface area contributed by atoms with Gasteiger partial charge >= 0.3 is 0 Å². The molecule has 94 valence electrons. The maximum absolute atomic E-state index is 5.62. The normalized spacial score (nSPS) is 17.4. The summed E-state index contributed by atoms with van der Waals surface area (Å²) in [4.78, 5) is 8.41. The van der Waals surface area contributed by atoms with Gasteiger partial charge in [0.2, 0.25) is 0 Å². The summed E-state index contributed by atoms with van der Waals surface area (Å²) < 4.78 is 2.23. The summed E-state index contributed by atoms with van der Waals surface area (Å²) >= 11 is 0. The second kappa shape index (κ2) is 4.12. The summed E-state index contributed by atoms with van der Waals surface area (Å²) in [7, 11) is 0. The van der Waals surface area contributed by atoms with E-state index in [2.05, 4.69) is 21.5 Å². The minimum absolute atomic E-state index is 0.441. The van der Waals surface area contributed by atoms with Crippen LogP contribution in [0.5, 0.6) is 0 Å². The fourth-order valence-corrected chi connectivity index (χ4v) is 2.59. The molecule has 0 amide bonds. The number of rotatable bonds is 3. The first-order valence-electron chi connectivity index (χ1n) is 6.38. The van der Waals surface area contributed by atoms with Gasteiger partial charge in [-0.1, -0.05) is 13.3 Å². The lowest BCUT2D eigenvalue weighted by Crippen LogP contribution is -2.30. The van der Waals surface area contributed by atoms with Crippen LogP contribution in [0, 0.1) is 5.41 Å². The molecule has 0 spiro atoms. The molecule has 18 heavy (non-hydrogen) atoms. The van der Waals surface area contributed by atoms with E-state index in [9.17, 15) is 0 Å². The van der Waals surface area contributed by atoms with Crippen molar-refractivity contribution in [3.05, 3.63) is 30.9 Å². The van der Waals surface area contributed by atoms with Crippen LogP contribution >= 0.6 is 0 Å². The van der Waals surface area contributed by atoms with Crippen LogP contribution in [0.4, 0.5) is 5.82 Å². The van der Waals surface area contributed by atoms with E-state index in [0.29, 0.717) is 11.2 Å². The lowest BCUT2D eigenvalue weighted by atomic mass is 9.70. The molecule has 0 unspecified atom stereocenters. The standard InChI is InChI=1S/C14H18N4/c1-14(5-2-6-14)9-18-10-16-8-12(18)11-3-4-13(15)17-7-11/h3-4,7-8,10H,2,5-6,9H2,1H3,(H2,15,17). The molecular formula is C14H18N4. The van der Waals surface area contributed by atoms with E-state index in [1.165, 1.54) is 19.3 Å². The van der Waals surface area contributed by atoms with E-state index in [1.54, 1.807) is 0 Å². The molecule has 0 aliphatic heterocycles. The van der Waals surface area contributed by atoms with Crippen molar-refractivity contribution >= 4 is 5.82 Å². The molecule has 4 nitrogen and oxygen atoms in total. The number of hydrogen-bond acceptors (Lipinski definition) is 3. The van der Waals surface area contributed by atoms with Gasteiger partial charge in [0.15, 0.2) is 0 Å². The van der Waals surface area contributed by atoms with Crippen molar-refractivity contribution in [1.29, 1.82) is 0 Å². The lowest BCUT2D eigenvalue weighted by molar-refractivity contribution is 0.133. The monoisotopic (exact) mass is 242 g/mol. The first-order chi connectivity index (χ1) is 8.66. The van der Waals surface area contributed by atoms with E-state index >= 15 is 0 Å². The second-order valence-electron chi connectivity index (χ2n) is 5.54. The average molecular weight is 242 g/mol. The SMILES string of the molecule is CC1(Cn2cncc2-c2ccc(N)nc2)CCC1. The minimum Gasteiger partial charge on any atom is -0.384 e. The first-order valence-corrected chi connectivity index (χ1v) is 6.38. The van der Waals surface area contributed by atoms with E-state index < -0.39 is 0 Å². The Morgan fingerprint density at radius 2 is 2.17 bits per heavy atom. The zero-order valence-corrected chi connectivity index (χ0v) is 10.6. The Kier molecular flexibility index (Phi) is 2.58. The van der Waals surface area contributed by atoms with E-state index in [1.807, 2.05) is 30.9 Å². The fourth-order valence-electron chi connectivity index (χ4n) is 2.59. The topological polar surface area (TPSA) is 56.7 Å². The summed E-state index contributed by atoms with van der Waals surface area (Å²) in [6.07, 6.45) is 9.59. The zero-order valence-electron chi connectivity index (χ0n) is 10.6. The number of hydrogen-bond donors (Lipinski definition) is 1. The Hall–Kier alpha value is -1.84. The molecule has 1 aliphatic carbocycles. The van der Waals surface area contributed by atoms with Crippen LogP contribution in [0.2, 0.25) is 0 Å². The van der Waals surface area contributed by atoms with Gasteiger partial charge in [-0.2, -0.15) is 0 Å². The number of aromatic nitrogens is 3. The Bertz CT molecular complexity index is 537. The van der Waals surface area contributed by atoms with Crippen molar-refractivity contribution in [2.24, 2.45) is 5.41 Å². The van der Waals surface area contributed by atoms with Gasteiger partial charge in [0.05, 0.1) is 18.2 Å². The second-order valence-corrected chi connectivity index (χ2v) is 5.54. The lowest BCUT2D eigenvalue weighted by Gasteiger charge is -2.39. The molecular weight excluding hydrogens is 224 g/mol. The van der Waals surface area contributed by atoms with Gasteiger partial charge in [0.25, 0.3) is 0 Å². The van der Waals surface area contributed by atoms with Crippen molar-refractivity contribution in [2.45, 2.75) is 32.7 Å². The van der Waals surface area contributed by atoms with Gasteiger partial charge in [-0.3, -0.25) is 0 Å². The highest BCUT2D eigenvalue weighted by atomic mass is 15.1. The molecule has 0 atom stereocenters. The van der Waals surface area contributed by atoms with Crippen LogP contribution in [0.15, 0.2) is 30.9 Å². The molecule has 4 heteroatoms. The molecule has 1 fully saturated rings. The van der Waals surface area contributed by atoms with Gasteiger partial charge in [-0.15, -0.1) is 0 Å². The highest BCUT2D eigenvalue weighted by Gasteiger charge is 2.32. The van der Waals surface area contributed by atoms with Crippen molar-refractivity contribution in [1.82, 2.24) is 14.5 Å². The molecule has 2 aromatic rings. The Labute approximate surface area is 107 Å². The quantitative estimate of drug-likeness (QED) is 0.900. The predicted molar refractivity (Wildman–Crippen MR) is 71.8 cm³/mol. The molecule has 1 saturated carbocycles. The van der Waals surface area contributed by atoms with Crippen molar-refractivity contribution in [3.8, 4) is 11.3 Å². The third-order valence-corrected chi connectivity index (χ3v) is 3.91. The van der Waals surface area contributed by atoms with Gasteiger partial charge in [-0.05, 0) is 30.4 Å².